The number of nitro groups is 2. The van der Waals surface area contributed by atoms with Gasteiger partial charge in [0.1, 0.15) is 11.5 Å². The molecule has 0 amide bonds. The number of hydrogen-bond donors (Lipinski definition) is 0. The van der Waals surface area contributed by atoms with Crippen LogP contribution in [0.3, 0.4) is 0 Å². The summed E-state index contributed by atoms with van der Waals surface area (Å²) in [5, 5.41) is 31.1. The van der Waals surface area contributed by atoms with Gasteiger partial charge in [0, 0.05) is 29.8 Å². The van der Waals surface area contributed by atoms with Gasteiger partial charge in [0.25, 0.3) is 11.4 Å². The van der Waals surface area contributed by atoms with Crippen LogP contribution >= 0.6 is 11.6 Å². The molecule has 9 heteroatoms. The number of rotatable bonds is 5. The van der Waals surface area contributed by atoms with Crippen molar-refractivity contribution in [1.29, 1.82) is 5.26 Å². The molecule has 0 aliphatic heterocycles. The lowest BCUT2D eigenvalue weighted by atomic mass is 10.1. The zero-order valence-corrected chi connectivity index (χ0v) is 14.8. The minimum atomic E-state index is -0.546. The van der Waals surface area contributed by atoms with Crippen molar-refractivity contribution in [3.8, 4) is 17.4 Å². The molecule has 1 aromatic heterocycles. The lowest BCUT2D eigenvalue weighted by Gasteiger charge is -2.01. The summed E-state index contributed by atoms with van der Waals surface area (Å²) < 4.78 is 5.68. The standard InChI is InChI=1S/C19H10ClN3O5/c20-18-10-15(23(26)27)5-7-17(18)19-8-6-16(28-19)9-13(11-21)12-1-3-14(4-2-12)22(24)25/h1-10H/b13-9-. The van der Waals surface area contributed by atoms with Gasteiger partial charge in [0.15, 0.2) is 0 Å². The molecule has 0 saturated carbocycles. The number of hydrogen-bond acceptors (Lipinski definition) is 6. The van der Waals surface area contributed by atoms with Crippen molar-refractivity contribution in [3.05, 3.63) is 91.2 Å². The zero-order valence-electron chi connectivity index (χ0n) is 14.0. The van der Waals surface area contributed by atoms with Crippen molar-refractivity contribution in [2.75, 3.05) is 0 Å². The number of nitriles is 1. The lowest BCUT2D eigenvalue weighted by molar-refractivity contribution is -0.385. The lowest BCUT2D eigenvalue weighted by Crippen LogP contribution is -1.88. The first-order valence-electron chi connectivity index (χ1n) is 7.80. The predicted octanol–water partition coefficient (Wildman–Crippen LogP) is 5.48. The summed E-state index contributed by atoms with van der Waals surface area (Å²) in [6.07, 6.45) is 1.49. The van der Waals surface area contributed by atoms with E-state index < -0.39 is 9.85 Å². The largest absolute Gasteiger partial charge is 0.457 e. The van der Waals surface area contributed by atoms with Gasteiger partial charge in [-0.15, -0.1) is 0 Å². The van der Waals surface area contributed by atoms with E-state index in [9.17, 15) is 25.5 Å². The summed E-state index contributed by atoms with van der Waals surface area (Å²) in [5.41, 5.74) is 1.02. The van der Waals surface area contributed by atoms with Crippen LogP contribution in [-0.2, 0) is 0 Å². The minimum absolute atomic E-state index is 0.0749. The van der Waals surface area contributed by atoms with Crippen LogP contribution in [-0.4, -0.2) is 9.85 Å². The Morgan fingerprint density at radius 1 is 1.00 bits per heavy atom. The Kier molecular flexibility index (Phi) is 5.20. The normalized spacial score (nSPS) is 11.1. The van der Waals surface area contributed by atoms with Crippen LogP contribution in [0.1, 0.15) is 11.3 Å². The van der Waals surface area contributed by atoms with E-state index in [1.54, 1.807) is 12.1 Å². The molecule has 138 valence electrons. The minimum Gasteiger partial charge on any atom is -0.457 e. The SMILES string of the molecule is N#C/C(=C/c1ccc(-c2ccc([N+](=O)[O-])cc2Cl)o1)c1ccc([N+](=O)[O-])cc1. The van der Waals surface area contributed by atoms with Gasteiger partial charge in [0.05, 0.1) is 26.5 Å². The van der Waals surface area contributed by atoms with Gasteiger partial charge in [-0.1, -0.05) is 11.6 Å². The Labute approximate surface area is 163 Å². The maximum atomic E-state index is 10.8. The quantitative estimate of drug-likeness (QED) is 0.320. The molecule has 8 nitrogen and oxygen atoms in total. The van der Waals surface area contributed by atoms with E-state index in [2.05, 4.69) is 0 Å². The molecule has 0 aliphatic rings. The average Bonchev–Trinajstić information content (AvgIpc) is 3.14. The van der Waals surface area contributed by atoms with Crippen LogP contribution in [0.5, 0.6) is 0 Å². The highest BCUT2D eigenvalue weighted by atomic mass is 35.5. The summed E-state index contributed by atoms with van der Waals surface area (Å²) in [5.74, 6) is 0.742. The zero-order chi connectivity index (χ0) is 20.3. The van der Waals surface area contributed by atoms with Gasteiger partial charge in [-0.2, -0.15) is 5.26 Å². The fraction of sp³-hybridized carbons (Fsp3) is 0. The molecule has 0 fully saturated rings. The molecule has 0 unspecified atom stereocenters. The summed E-state index contributed by atoms with van der Waals surface area (Å²) in [7, 11) is 0. The molecular formula is C19H10ClN3O5. The Morgan fingerprint density at radius 3 is 2.21 bits per heavy atom. The van der Waals surface area contributed by atoms with Crippen LogP contribution in [0.4, 0.5) is 11.4 Å². The first kappa shape index (κ1) is 18.8. The molecule has 0 saturated heterocycles. The molecule has 2 aromatic carbocycles. The van der Waals surface area contributed by atoms with E-state index in [0.29, 0.717) is 22.6 Å². The van der Waals surface area contributed by atoms with E-state index in [1.807, 2.05) is 6.07 Å². The Balaban J connectivity index is 1.91. The molecule has 0 N–H and O–H groups in total. The fourth-order valence-electron chi connectivity index (χ4n) is 2.48. The predicted molar refractivity (Wildman–Crippen MR) is 102 cm³/mol. The van der Waals surface area contributed by atoms with Gasteiger partial charge < -0.3 is 4.42 Å². The second kappa shape index (κ2) is 7.73. The smallest absolute Gasteiger partial charge is 0.270 e. The molecule has 3 aromatic rings. The highest BCUT2D eigenvalue weighted by molar-refractivity contribution is 6.33. The number of benzene rings is 2. The van der Waals surface area contributed by atoms with E-state index in [0.717, 1.165) is 0 Å². The van der Waals surface area contributed by atoms with Crippen LogP contribution < -0.4 is 0 Å². The van der Waals surface area contributed by atoms with Crippen molar-refractivity contribution in [1.82, 2.24) is 0 Å². The fourth-order valence-corrected chi connectivity index (χ4v) is 2.75. The van der Waals surface area contributed by atoms with Crippen LogP contribution in [0.2, 0.25) is 5.02 Å². The highest BCUT2D eigenvalue weighted by Gasteiger charge is 2.14. The second-order valence-corrected chi connectivity index (χ2v) is 6.00. The van der Waals surface area contributed by atoms with E-state index in [-0.39, 0.29) is 22.0 Å². The van der Waals surface area contributed by atoms with Gasteiger partial charge in [-0.05, 0) is 42.0 Å². The number of non-ortho nitro benzene ring substituents is 2. The number of nitro benzene ring substituents is 2. The van der Waals surface area contributed by atoms with E-state index >= 15 is 0 Å². The van der Waals surface area contributed by atoms with Gasteiger partial charge in [-0.3, -0.25) is 20.2 Å². The molecule has 0 bridgehead atoms. The molecule has 28 heavy (non-hydrogen) atoms. The first-order valence-corrected chi connectivity index (χ1v) is 8.17. The summed E-state index contributed by atoms with van der Waals surface area (Å²) >= 11 is 6.10. The molecule has 0 atom stereocenters. The number of halogens is 1. The van der Waals surface area contributed by atoms with Crippen molar-refractivity contribution < 1.29 is 14.3 Å². The molecule has 0 spiro atoms. The number of allylic oxidation sites excluding steroid dienone is 1. The van der Waals surface area contributed by atoms with Gasteiger partial charge in [0.2, 0.25) is 0 Å². The first-order chi connectivity index (χ1) is 13.4. The van der Waals surface area contributed by atoms with Gasteiger partial charge >= 0.3 is 0 Å². The maximum absolute atomic E-state index is 10.8. The van der Waals surface area contributed by atoms with Crippen LogP contribution in [0.15, 0.2) is 59.0 Å². The number of nitrogens with zero attached hydrogens (tertiary/aromatic N) is 3. The maximum Gasteiger partial charge on any atom is 0.270 e. The molecular weight excluding hydrogens is 386 g/mol. The van der Waals surface area contributed by atoms with Crippen molar-refractivity contribution in [2.24, 2.45) is 0 Å². The molecule has 0 radical (unpaired) electrons. The summed E-state index contributed by atoms with van der Waals surface area (Å²) in [6.45, 7) is 0. The highest BCUT2D eigenvalue weighted by Crippen LogP contribution is 2.33. The third kappa shape index (κ3) is 3.90. The Morgan fingerprint density at radius 2 is 1.64 bits per heavy atom. The van der Waals surface area contributed by atoms with Crippen molar-refractivity contribution >= 4 is 34.6 Å². The van der Waals surface area contributed by atoms with E-state index in [4.69, 9.17) is 16.0 Å². The average molecular weight is 396 g/mol. The van der Waals surface area contributed by atoms with Gasteiger partial charge in [-0.25, -0.2) is 0 Å². The summed E-state index contributed by atoms with van der Waals surface area (Å²) in [6, 6.07) is 14.9. The Bertz CT molecular complexity index is 1140. The molecule has 0 aliphatic carbocycles. The number of furan rings is 1. The monoisotopic (exact) mass is 395 g/mol. The van der Waals surface area contributed by atoms with Crippen molar-refractivity contribution in [3.63, 3.8) is 0 Å². The third-order valence-electron chi connectivity index (χ3n) is 3.85. The van der Waals surface area contributed by atoms with Crippen molar-refractivity contribution in [2.45, 2.75) is 0 Å². The molecule has 1 heterocycles. The van der Waals surface area contributed by atoms with Crippen LogP contribution in [0.25, 0.3) is 23.0 Å². The third-order valence-corrected chi connectivity index (χ3v) is 4.16. The Hall–Kier alpha value is -3.96. The second-order valence-electron chi connectivity index (χ2n) is 5.60. The topological polar surface area (TPSA) is 123 Å². The summed E-state index contributed by atoms with van der Waals surface area (Å²) in [4.78, 5) is 20.5. The van der Waals surface area contributed by atoms with Crippen LogP contribution in [0, 0.1) is 31.6 Å². The molecule has 3 rings (SSSR count). The van der Waals surface area contributed by atoms with E-state index in [1.165, 1.54) is 48.5 Å².